The fourth-order valence-corrected chi connectivity index (χ4v) is 4.31. The summed E-state index contributed by atoms with van der Waals surface area (Å²) in [6.07, 6.45) is 2.73. The van der Waals surface area contributed by atoms with Crippen LogP contribution in [0, 0.1) is 0 Å². The predicted octanol–water partition coefficient (Wildman–Crippen LogP) is -1.36. The Morgan fingerprint density at radius 3 is 2.12 bits per heavy atom. The van der Waals surface area contributed by atoms with Crippen LogP contribution in [0.2, 0.25) is 0 Å². The van der Waals surface area contributed by atoms with E-state index in [1.807, 2.05) is 27.0 Å². The quantitative estimate of drug-likeness (QED) is 0.0526. The zero-order valence-corrected chi connectivity index (χ0v) is 32.4. The molecule has 0 saturated carbocycles. The zero-order valence-electron chi connectivity index (χ0n) is 30.8. The Labute approximate surface area is 306 Å². The van der Waals surface area contributed by atoms with Crippen LogP contribution in [-0.4, -0.2) is 159 Å². The van der Waals surface area contributed by atoms with Crippen molar-refractivity contribution in [3.8, 4) is 0 Å². The molecule has 0 aromatic carbocycles. The predicted molar refractivity (Wildman–Crippen MR) is 197 cm³/mol. The van der Waals surface area contributed by atoms with E-state index < -0.39 is 67.4 Å². The van der Waals surface area contributed by atoms with Crippen molar-refractivity contribution in [3.63, 3.8) is 0 Å². The standard InChI is InChI=1S/C22H38N4O10S.C4H8OS.C2H7N.C2H6.CH5N/c1-14-16(28)9-17(29)22(36-14)35-8-7-34-6-5-24-19(31)3-4-21(33)26(10-18(23)30)11-20(32)25-15(12-27)13-37-2;1-6-4-2-3-5;1-2-3;2*1-2/h12,14-17,22,28-29H,3-11,13H2,1-2H3,(H2,23,30)(H,24,31)(H,25,32);3H,2,4H2,1H3;2-3H2,1H3;1-2H3;2H2,1H3/t14-,15?,16?,17+,22?;;;;/m0..../s1. The van der Waals surface area contributed by atoms with E-state index in [4.69, 9.17) is 25.7 Å². The monoisotopic (exact) mass is 760 g/mol. The van der Waals surface area contributed by atoms with Crippen LogP contribution in [0.4, 0.5) is 0 Å². The van der Waals surface area contributed by atoms with Crippen molar-refractivity contribution in [2.75, 3.05) is 77.1 Å². The maximum atomic E-state index is 12.4. The van der Waals surface area contributed by atoms with Gasteiger partial charge in [0.05, 0.1) is 44.6 Å². The van der Waals surface area contributed by atoms with Gasteiger partial charge in [-0.1, -0.05) is 20.8 Å². The van der Waals surface area contributed by atoms with Crippen LogP contribution in [0.15, 0.2) is 0 Å². The Morgan fingerprint density at radius 1 is 1.00 bits per heavy atom. The lowest BCUT2D eigenvalue weighted by atomic mass is 10.0. The number of carbonyl (C=O) groups is 6. The average molecular weight is 761 g/mol. The van der Waals surface area contributed by atoms with E-state index in [1.54, 1.807) is 24.9 Å². The molecule has 17 nitrogen and oxygen atoms in total. The molecular formula is C31H64N6O11S2. The molecule has 0 aliphatic carbocycles. The maximum absolute atomic E-state index is 12.4. The number of nitrogens with one attached hydrogen (secondary N) is 2. The Kier molecular flexibility index (Phi) is 42.9. The minimum Gasteiger partial charge on any atom is -0.390 e. The zero-order chi connectivity index (χ0) is 39.3. The second-order valence-corrected chi connectivity index (χ2v) is 11.6. The molecule has 1 fully saturated rings. The lowest BCUT2D eigenvalue weighted by molar-refractivity contribution is -0.263. The second kappa shape index (κ2) is 39.4. The molecular weight excluding hydrogens is 697 g/mol. The lowest BCUT2D eigenvalue weighted by Gasteiger charge is -2.35. The minimum absolute atomic E-state index is 0.140. The molecule has 0 aromatic rings. The van der Waals surface area contributed by atoms with Gasteiger partial charge in [-0.2, -0.15) is 23.5 Å². The number of nitrogens with zero attached hydrogens (tertiary/aromatic N) is 1. The molecule has 19 heteroatoms. The molecule has 1 heterocycles. The van der Waals surface area contributed by atoms with E-state index in [-0.39, 0.29) is 45.6 Å². The molecule has 1 saturated heterocycles. The summed E-state index contributed by atoms with van der Waals surface area (Å²) in [6, 6.07) is -0.725. The smallest absolute Gasteiger partial charge is 0.240 e. The summed E-state index contributed by atoms with van der Waals surface area (Å²) in [7, 11) is 1.50. The summed E-state index contributed by atoms with van der Waals surface area (Å²) < 4.78 is 16.1. The minimum atomic E-state index is -0.935. The van der Waals surface area contributed by atoms with Crippen molar-refractivity contribution < 1.29 is 53.2 Å². The van der Waals surface area contributed by atoms with Crippen molar-refractivity contribution >= 4 is 59.7 Å². The van der Waals surface area contributed by atoms with Gasteiger partial charge in [0.25, 0.3) is 0 Å². The number of hydrogen-bond acceptors (Lipinski definition) is 15. The first-order valence-corrected chi connectivity index (χ1v) is 19.2. The Balaban J connectivity index is -0.000000700. The topological polar surface area (TPSA) is 276 Å². The number of rotatable bonds is 21. The van der Waals surface area contributed by atoms with E-state index in [9.17, 15) is 39.0 Å². The molecule has 50 heavy (non-hydrogen) atoms. The van der Waals surface area contributed by atoms with Crippen LogP contribution in [-0.2, 0) is 43.0 Å². The highest BCUT2D eigenvalue weighted by Crippen LogP contribution is 2.20. The van der Waals surface area contributed by atoms with Crippen LogP contribution < -0.4 is 27.8 Å². The van der Waals surface area contributed by atoms with Crippen LogP contribution in [0.3, 0.4) is 0 Å². The van der Waals surface area contributed by atoms with Crippen molar-refractivity contribution in [1.82, 2.24) is 15.5 Å². The maximum Gasteiger partial charge on any atom is 0.240 e. The van der Waals surface area contributed by atoms with Gasteiger partial charge in [0.2, 0.25) is 23.6 Å². The van der Waals surface area contributed by atoms with Gasteiger partial charge in [0.15, 0.2) is 6.29 Å². The largest absolute Gasteiger partial charge is 0.390 e. The average Bonchev–Trinajstić information content (AvgIpc) is 3.09. The number of aldehydes is 2. The number of thioether (sulfide) groups is 2. The molecule has 4 amide bonds. The van der Waals surface area contributed by atoms with E-state index >= 15 is 0 Å². The number of carbonyl (C=O) groups excluding carboxylic acids is 6. The highest BCUT2D eigenvalue weighted by Gasteiger charge is 2.34. The van der Waals surface area contributed by atoms with Crippen molar-refractivity contribution in [3.05, 3.63) is 0 Å². The molecule has 0 bridgehead atoms. The van der Waals surface area contributed by atoms with Gasteiger partial charge in [-0.05, 0) is 38.8 Å². The van der Waals surface area contributed by atoms with Gasteiger partial charge in [0, 0.05) is 38.0 Å². The molecule has 1 aliphatic rings. The summed E-state index contributed by atoms with van der Waals surface area (Å²) in [6.45, 7) is 8.04. The lowest BCUT2D eigenvalue weighted by Crippen LogP contribution is -2.48. The second-order valence-electron chi connectivity index (χ2n) is 9.75. The summed E-state index contributed by atoms with van der Waals surface area (Å²) in [5.41, 5.74) is 14.5. The van der Waals surface area contributed by atoms with Crippen LogP contribution in [0.5, 0.6) is 0 Å². The van der Waals surface area contributed by atoms with Crippen molar-refractivity contribution in [2.24, 2.45) is 17.2 Å². The molecule has 0 spiro atoms. The third kappa shape index (κ3) is 32.8. The third-order valence-electron chi connectivity index (χ3n) is 5.66. The summed E-state index contributed by atoms with van der Waals surface area (Å²) in [4.78, 5) is 69.4. The van der Waals surface area contributed by atoms with Crippen molar-refractivity contribution in [1.29, 1.82) is 0 Å². The molecule has 0 aromatic heterocycles. The Bertz CT molecular complexity index is 881. The van der Waals surface area contributed by atoms with Gasteiger partial charge >= 0.3 is 0 Å². The number of hydrogen-bond donors (Lipinski definition) is 7. The van der Waals surface area contributed by atoms with Gasteiger partial charge in [-0.15, -0.1) is 0 Å². The number of aliphatic hydroxyl groups excluding tert-OH is 2. The normalized spacial score (nSPS) is 17.9. The molecule has 1 aliphatic heterocycles. The summed E-state index contributed by atoms with van der Waals surface area (Å²) >= 11 is 3.05. The first kappa shape index (κ1) is 54.4. The van der Waals surface area contributed by atoms with Crippen LogP contribution >= 0.6 is 23.5 Å². The van der Waals surface area contributed by atoms with E-state index in [0.29, 0.717) is 18.5 Å². The number of ether oxygens (including phenoxy) is 3. The molecule has 10 N–H and O–H groups in total. The third-order valence-corrected chi connectivity index (χ3v) is 7.00. The highest BCUT2D eigenvalue weighted by atomic mass is 32.2. The van der Waals surface area contributed by atoms with Crippen molar-refractivity contribution in [2.45, 2.75) is 84.0 Å². The van der Waals surface area contributed by atoms with E-state index in [2.05, 4.69) is 16.4 Å². The molecule has 296 valence electrons. The van der Waals surface area contributed by atoms with Gasteiger partial charge in [-0.25, -0.2) is 0 Å². The van der Waals surface area contributed by atoms with E-state index in [1.165, 1.54) is 18.8 Å². The first-order chi connectivity index (χ1) is 23.9. The Morgan fingerprint density at radius 2 is 1.62 bits per heavy atom. The van der Waals surface area contributed by atoms with Gasteiger partial charge < -0.3 is 66.7 Å². The highest BCUT2D eigenvalue weighted by molar-refractivity contribution is 7.98. The SMILES string of the molecule is CC.CCN.CN.CSCC(C=O)NC(=O)CN(CC(N)=O)C(=O)CCC(=O)NCCOCCOC1O[C@@H](C)C(O)C[C@H]1O.CSCCC=O. The van der Waals surface area contributed by atoms with Crippen LogP contribution in [0.25, 0.3) is 0 Å². The number of primary amides is 1. The summed E-state index contributed by atoms with van der Waals surface area (Å²) in [5, 5.41) is 24.5. The first-order valence-electron chi connectivity index (χ1n) is 16.4. The molecule has 3 unspecified atom stereocenters. The molecule has 0 radical (unpaired) electrons. The summed E-state index contributed by atoms with van der Waals surface area (Å²) in [5.74, 6) is -1.16. The Hall–Kier alpha value is -2.36. The molecule has 1 rings (SSSR count). The number of aliphatic hydroxyl groups is 2. The van der Waals surface area contributed by atoms with E-state index in [0.717, 1.165) is 23.5 Å². The number of nitrogens with two attached hydrogens (primary N) is 3. The fourth-order valence-electron chi connectivity index (χ4n) is 3.45. The number of amides is 4. The molecule has 5 atom stereocenters. The fraction of sp³-hybridized carbons (Fsp3) is 0.806. The van der Waals surface area contributed by atoms with Gasteiger partial charge in [-0.3, -0.25) is 19.2 Å². The van der Waals surface area contributed by atoms with Crippen LogP contribution in [0.1, 0.15) is 53.4 Å². The van der Waals surface area contributed by atoms with Gasteiger partial charge in [0.1, 0.15) is 25.2 Å².